The van der Waals surface area contributed by atoms with Crippen LogP contribution in [-0.4, -0.2) is 37.7 Å². The fourth-order valence-corrected chi connectivity index (χ4v) is 0.920. The van der Waals surface area contributed by atoms with E-state index in [4.69, 9.17) is 18.9 Å². The zero-order valence-electron chi connectivity index (χ0n) is 10.6. The van der Waals surface area contributed by atoms with E-state index in [0.717, 1.165) is 12.2 Å². The molecular weight excluding hydrogens is 240 g/mol. The van der Waals surface area contributed by atoms with Crippen LogP contribution < -0.4 is 0 Å². The number of hydrogen-bond acceptors (Lipinski definition) is 6. The van der Waals surface area contributed by atoms with E-state index in [2.05, 4.69) is 13.2 Å². The molecule has 0 spiro atoms. The highest BCUT2D eigenvalue weighted by Crippen LogP contribution is 1.98. The van der Waals surface area contributed by atoms with Gasteiger partial charge in [-0.05, 0) is 13.8 Å². The highest BCUT2D eigenvalue weighted by Gasteiger charge is 2.08. The molecule has 6 nitrogen and oxygen atoms in total. The summed E-state index contributed by atoms with van der Waals surface area (Å²) >= 11 is 0. The van der Waals surface area contributed by atoms with Crippen molar-refractivity contribution in [3.63, 3.8) is 0 Å². The lowest BCUT2D eigenvalue weighted by atomic mass is 10.6. The van der Waals surface area contributed by atoms with Crippen LogP contribution >= 0.6 is 0 Å². The van der Waals surface area contributed by atoms with Crippen LogP contribution in [0.2, 0.25) is 0 Å². The Labute approximate surface area is 106 Å². The van der Waals surface area contributed by atoms with Crippen molar-refractivity contribution in [2.75, 3.05) is 13.2 Å². The molecule has 0 heterocycles. The van der Waals surface area contributed by atoms with Gasteiger partial charge in [0.1, 0.15) is 0 Å². The molecule has 0 aromatic carbocycles. The number of carbonyl (C=O) groups excluding carboxylic acids is 2. The lowest BCUT2D eigenvalue weighted by Gasteiger charge is -2.15. The summed E-state index contributed by atoms with van der Waals surface area (Å²) in [4.78, 5) is 21.6. The van der Waals surface area contributed by atoms with Crippen LogP contribution in [0.15, 0.2) is 25.3 Å². The van der Waals surface area contributed by atoms with E-state index in [9.17, 15) is 9.59 Å². The van der Waals surface area contributed by atoms with Crippen LogP contribution in [0.4, 0.5) is 0 Å². The van der Waals surface area contributed by atoms with E-state index in [1.807, 2.05) is 0 Å². The van der Waals surface area contributed by atoms with Gasteiger partial charge in [0.25, 0.3) is 0 Å². The average Bonchev–Trinajstić information content (AvgIpc) is 2.34. The second-order valence-electron chi connectivity index (χ2n) is 3.16. The maximum atomic E-state index is 10.8. The molecule has 0 fully saturated rings. The topological polar surface area (TPSA) is 71.1 Å². The predicted octanol–water partition coefficient (Wildman–Crippen LogP) is 1.17. The lowest BCUT2D eigenvalue weighted by Crippen LogP contribution is -2.22. The second kappa shape index (κ2) is 9.38. The summed E-state index contributed by atoms with van der Waals surface area (Å²) in [5.41, 5.74) is 0. The Bertz CT molecular complexity index is 269. The van der Waals surface area contributed by atoms with Crippen LogP contribution in [-0.2, 0) is 28.5 Å². The number of hydrogen-bond donors (Lipinski definition) is 0. The molecule has 0 rings (SSSR count). The van der Waals surface area contributed by atoms with Crippen LogP contribution in [0.5, 0.6) is 0 Å². The van der Waals surface area contributed by atoms with Crippen molar-refractivity contribution < 1.29 is 28.5 Å². The van der Waals surface area contributed by atoms with Crippen molar-refractivity contribution >= 4 is 11.9 Å². The van der Waals surface area contributed by atoms with Gasteiger partial charge in [-0.1, -0.05) is 13.2 Å². The molecule has 102 valence electrons. The minimum Gasteiger partial charge on any atom is -0.433 e. The molecule has 0 saturated heterocycles. The van der Waals surface area contributed by atoms with Gasteiger partial charge in [0.2, 0.25) is 12.6 Å². The van der Waals surface area contributed by atoms with E-state index < -0.39 is 24.5 Å². The van der Waals surface area contributed by atoms with Gasteiger partial charge in [0.05, 0.1) is 13.2 Å². The molecule has 18 heavy (non-hydrogen) atoms. The summed E-state index contributed by atoms with van der Waals surface area (Å²) in [5, 5.41) is 0. The molecule has 0 bridgehead atoms. The van der Waals surface area contributed by atoms with Gasteiger partial charge in [-0.25, -0.2) is 9.59 Å². The van der Waals surface area contributed by atoms with Crippen molar-refractivity contribution in [3.8, 4) is 0 Å². The summed E-state index contributed by atoms with van der Waals surface area (Å²) in [5.74, 6) is -1.12. The van der Waals surface area contributed by atoms with Crippen LogP contribution in [0, 0.1) is 0 Å². The van der Waals surface area contributed by atoms with Gasteiger partial charge in [-0.3, -0.25) is 0 Å². The Morgan fingerprint density at radius 2 is 1.28 bits per heavy atom. The molecule has 0 radical (unpaired) electrons. The highest BCUT2D eigenvalue weighted by atomic mass is 16.7. The molecule has 6 heteroatoms. The fourth-order valence-electron chi connectivity index (χ4n) is 0.920. The largest absolute Gasteiger partial charge is 0.433 e. The first-order valence-electron chi connectivity index (χ1n) is 5.39. The third-order valence-electron chi connectivity index (χ3n) is 1.69. The Balaban J connectivity index is 3.60. The Kier molecular flexibility index (Phi) is 8.51. The maximum absolute atomic E-state index is 10.8. The van der Waals surface area contributed by atoms with E-state index in [1.165, 1.54) is 0 Å². The third-order valence-corrected chi connectivity index (χ3v) is 1.69. The molecule has 0 aromatic heterocycles. The van der Waals surface area contributed by atoms with Crippen LogP contribution in [0.3, 0.4) is 0 Å². The molecule has 2 unspecified atom stereocenters. The second-order valence-corrected chi connectivity index (χ2v) is 3.16. The van der Waals surface area contributed by atoms with Gasteiger partial charge in [-0.15, -0.1) is 0 Å². The quantitative estimate of drug-likeness (QED) is 0.267. The number of ether oxygens (including phenoxy) is 4. The molecule has 0 aliphatic rings. The molecule has 2 atom stereocenters. The molecular formula is C12H18O6. The number of rotatable bonds is 9. The molecule has 0 N–H and O–H groups in total. The molecule has 0 saturated carbocycles. The van der Waals surface area contributed by atoms with Crippen molar-refractivity contribution in [2.45, 2.75) is 26.4 Å². The number of carbonyl (C=O) groups is 2. The van der Waals surface area contributed by atoms with E-state index in [-0.39, 0.29) is 13.2 Å². The van der Waals surface area contributed by atoms with Crippen LogP contribution in [0.1, 0.15) is 13.8 Å². The molecule has 0 amide bonds. The summed E-state index contributed by atoms with van der Waals surface area (Å²) in [6.07, 6.45) is 0.718. The standard InChI is InChI=1S/C12H18O6/c1-5-11(13)17-9(3)15-7-8-16-10(4)18-12(14)6-2/h5-6,9-10H,1-2,7-8H2,3-4H3. The smallest absolute Gasteiger partial charge is 0.332 e. The summed E-state index contributed by atoms with van der Waals surface area (Å²) in [6.45, 7) is 10.1. The highest BCUT2D eigenvalue weighted by molar-refractivity contribution is 5.81. The Morgan fingerprint density at radius 1 is 0.944 bits per heavy atom. The Morgan fingerprint density at radius 3 is 1.56 bits per heavy atom. The normalized spacial score (nSPS) is 13.2. The Hall–Kier alpha value is -1.66. The van der Waals surface area contributed by atoms with Gasteiger partial charge in [0, 0.05) is 12.2 Å². The van der Waals surface area contributed by atoms with E-state index in [0.29, 0.717) is 0 Å². The van der Waals surface area contributed by atoms with Crippen molar-refractivity contribution in [1.29, 1.82) is 0 Å². The molecule has 0 aliphatic carbocycles. The van der Waals surface area contributed by atoms with E-state index in [1.54, 1.807) is 13.8 Å². The van der Waals surface area contributed by atoms with Crippen molar-refractivity contribution in [2.24, 2.45) is 0 Å². The monoisotopic (exact) mass is 258 g/mol. The van der Waals surface area contributed by atoms with Crippen LogP contribution in [0.25, 0.3) is 0 Å². The summed E-state index contributed by atoms with van der Waals surface area (Å²) in [6, 6.07) is 0. The zero-order chi connectivity index (χ0) is 14.0. The number of esters is 2. The van der Waals surface area contributed by atoms with Crippen molar-refractivity contribution in [1.82, 2.24) is 0 Å². The minimum absolute atomic E-state index is 0.196. The van der Waals surface area contributed by atoms with Gasteiger partial charge >= 0.3 is 11.9 Å². The predicted molar refractivity (Wildman–Crippen MR) is 63.4 cm³/mol. The lowest BCUT2D eigenvalue weighted by molar-refractivity contribution is -0.185. The van der Waals surface area contributed by atoms with Gasteiger partial charge in [-0.2, -0.15) is 0 Å². The van der Waals surface area contributed by atoms with Gasteiger partial charge in [0.15, 0.2) is 0 Å². The molecule has 0 aliphatic heterocycles. The summed E-state index contributed by atoms with van der Waals surface area (Å²) < 4.78 is 19.7. The molecule has 0 aromatic rings. The van der Waals surface area contributed by atoms with E-state index >= 15 is 0 Å². The third kappa shape index (κ3) is 8.49. The summed E-state index contributed by atoms with van der Waals surface area (Å²) in [7, 11) is 0. The van der Waals surface area contributed by atoms with Crippen molar-refractivity contribution in [3.05, 3.63) is 25.3 Å². The first-order chi connectivity index (χ1) is 8.49. The average molecular weight is 258 g/mol. The SMILES string of the molecule is C=CC(=O)OC(C)OCCOC(C)OC(=O)C=C. The maximum Gasteiger partial charge on any atom is 0.332 e. The van der Waals surface area contributed by atoms with Gasteiger partial charge < -0.3 is 18.9 Å². The first kappa shape index (κ1) is 16.3. The minimum atomic E-state index is -0.690. The zero-order valence-corrected chi connectivity index (χ0v) is 10.6. The fraction of sp³-hybridized carbons (Fsp3) is 0.500. The first-order valence-corrected chi connectivity index (χ1v) is 5.39.